The normalized spacial score (nSPS) is 12.8. The summed E-state index contributed by atoms with van der Waals surface area (Å²) in [5, 5.41) is 14.4. The van der Waals surface area contributed by atoms with Crippen LogP contribution < -0.4 is 10.6 Å². The number of halogens is 1. The van der Waals surface area contributed by atoms with Crippen molar-refractivity contribution < 1.29 is 19.1 Å². The lowest BCUT2D eigenvalue weighted by atomic mass is 9.89. The number of hydrogen-bond acceptors (Lipinski definition) is 3. The van der Waals surface area contributed by atoms with E-state index in [-0.39, 0.29) is 29.4 Å². The van der Waals surface area contributed by atoms with Crippen LogP contribution in [0.5, 0.6) is 0 Å². The van der Waals surface area contributed by atoms with Crippen molar-refractivity contribution >= 4 is 11.8 Å². The fourth-order valence-corrected chi connectivity index (χ4v) is 2.23. The Labute approximate surface area is 142 Å². The number of hydrogen-bond donors (Lipinski definition) is 3. The van der Waals surface area contributed by atoms with Gasteiger partial charge in [0.1, 0.15) is 11.9 Å². The highest BCUT2D eigenvalue weighted by Crippen LogP contribution is 2.18. The number of aliphatic hydroxyl groups excluding tert-OH is 1. The van der Waals surface area contributed by atoms with Crippen molar-refractivity contribution in [2.45, 2.75) is 40.2 Å². The maximum Gasteiger partial charge on any atom is 0.254 e. The number of benzene rings is 1. The summed E-state index contributed by atoms with van der Waals surface area (Å²) in [5.41, 5.74) is -0.335. The highest BCUT2D eigenvalue weighted by molar-refractivity contribution is 5.97. The van der Waals surface area contributed by atoms with Gasteiger partial charge in [-0.2, -0.15) is 0 Å². The molecule has 0 aromatic heterocycles. The van der Waals surface area contributed by atoms with Crippen molar-refractivity contribution in [1.82, 2.24) is 10.6 Å². The van der Waals surface area contributed by atoms with Crippen molar-refractivity contribution in [1.29, 1.82) is 0 Å². The zero-order valence-corrected chi connectivity index (χ0v) is 14.7. The molecule has 0 aliphatic rings. The minimum absolute atomic E-state index is 0.0422. The third-order valence-corrected chi connectivity index (χ3v) is 3.88. The maximum atomic E-state index is 13.7. The first-order valence-electron chi connectivity index (χ1n) is 8.12. The number of carbonyl (C=O) groups excluding carboxylic acids is 2. The van der Waals surface area contributed by atoms with E-state index >= 15 is 0 Å². The summed E-state index contributed by atoms with van der Waals surface area (Å²) >= 11 is 0. The molecule has 134 valence electrons. The Morgan fingerprint density at radius 2 is 1.88 bits per heavy atom. The van der Waals surface area contributed by atoms with Gasteiger partial charge in [0.25, 0.3) is 5.91 Å². The van der Waals surface area contributed by atoms with Crippen molar-refractivity contribution in [2.75, 3.05) is 13.2 Å². The Bertz CT molecular complexity index is 573. The molecule has 0 radical (unpaired) electrons. The first kappa shape index (κ1) is 20.1. The van der Waals surface area contributed by atoms with Crippen LogP contribution in [0.4, 0.5) is 4.39 Å². The van der Waals surface area contributed by atoms with Crippen LogP contribution in [-0.4, -0.2) is 36.1 Å². The van der Waals surface area contributed by atoms with Crippen molar-refractivity contribution in [3.63, 3.8) is 0 Å². The molecule has 1 aromatic rings. The Morgan fingerprint density at radius 1 is 1.25 bits per heavy atom. The zero-order valence-electron chi connectivity index (χ0n) is 14.7. The number of nitrogens with one attached hydrogen (secondary N) is 2. The summed E-state index contributed by atoms with van der Waals surface area (Å²) in [5.74, 6) is -1.71. The van der Waals surface area contributed by atoms with Crippen LogP contribution >= 0.6 is 0 Å². The molecule has 5 nitrogen and oxygen atoms in total. The van der Waals surface area contributed by atoms with E-state index in [1.165, 1.54) is 18.2 Å². The maximum absolute atomic E-state index is 13.7. The van der Waals surface area contributed by atoms with Gasteiger partial charge in [-0.1, -0.05) is 39.8 Å². The monoisotopic (exact) mass is 338 g/mol. The van der Waals surface area contributed by atoms with Crippen LogP contribution in [-0.2, 0) is 4.79 Å². The van der Waals surface area contributed by atoms with E-state index < -0.39 is 17.8 Å². The number of amides is 2. The van der Waals surface area contributed by atoms with Crippen LogP contribution in [0.3, 0.4) is 0 Å². The largest absolute Gasteiger partial charge is 0.396 e. The summed E-state index contributed by atoms with van der Waals surface area (Å²) in [7, 11) is 0. The van der Waals surface area contributed by atoms with Gasteiger partial charge in [0.05, 0.1) is 5.56 Å². The van der Waals surface area contributed by atoms with Crippen molar-refractivity contribution in [2.24, 2.45) is 11.3 Å². The quantitative estimate of drug-likeness (QED) is 0.679. The molecule has 1 rings (SSSR count). The average molecular weight is 338 g/mol. The Kier molecular flexibility index (Phi) is 7.35. The second-order valence-electron chi connectivity index (χ2n) is 7.03. The molecule has 0 aliphatic heterocycles. The lowest BCUT2D eigenvalue weighted by Crippen LogP contribution is -2.51. The highest BCUT2D eigenvalue weighted by atomic mass is 19.1. The molecule has 6 heteroatoms. The summed E-state index contributed by atoms with van der Waals surface area (Å²) in [6.45, 7) is 7.92. The van der Waals surface area contributed by atoms with E-state index in [1.54, 1.807) is 6.07 Å². The minimum Gasteiger partial charge on any atom is -0.396 e. The van der Waals surface area contributed by atoms with Gasteiger partial charge < -0.3 is 15.7 Å². The van der Waals surface area contributed by atoms with E-state index in [2.05, 4.69) is 10.6 Å². The SMILES string of the molecule is CC(C)C(NC(=O)c1ccccc1F)C(=O)NCC(C)(C)CCO. The van der Waals surface area contributed by atoms with E-state index in [4.69, 9.17) is 5.11 Å². The summed E-state index contributed by atoms with van der Waals surface area (Å²) in [6.07, 6.45) is 0.557. The molecule has 24 heavy (non-hydrogen) atoms. The predicted molar refractivity (Wildman–Crippen MR) is 91.0 cm³/mol. The predicted octanol–water partition coefficient (Wildman–Crippen LogP) is 2.10. The fourth-order valence-electron chi connectivity index (χ4n) is 2.23. The zero-order chi connectivity index (χ0) is 18.3. The second-order valence-corrected chi connectivity index (χ2v) is 7.03. The number of carbonyl (C=O) groups is 2. The Balaban J connectivity index is 2.75. The Hall–Kier alpha value is -1.95. The Morgan fingerprint density at radius 3 is 2.42 bits per heavy atom. The van der Waals surface area contributed by atoms with E-state index in [9.17, 15) is 14.0 Å². The highest BCUT2D eigenvalue weighted by Gasteiger charge is 2.27. The third-order valence-electron chi connectivity index (χ3n) is 3.88. The van der Waals surface area contributed by atoms with Gasteiger partial charge in [-0.15, -0.1) is 0 Å². The van der Waals surface area contributed by atoms with Crippen LogP contribution in [0.15, 0.2) is 24.3 Å². The number of aliphatic hydroxyl groups is 1. The van der Waals surface area contributed by atoms with Gasteiger partial charge in [-0.25, -0.2) is 4.39 Å². The van der Waals surface area contributed by atoms with Gasteiger partial charge in [-0.05, 0) is 29.9 Å². The standard InChI is InChI=1S/C18H27FN2O3/c1-12(2)15(17(24)20-11-18(3,4)9-10-22)21-16(23)13-7-5-6-8-14(13)19/h5-8,12,15,22H,9-11H2,1-4H3,(H,20,24)(H,21,23). The molecule has 0 saturated carbocycles. The van der Waals surface area contributed by atoms with Gasteiger partial charge in [-0.3, -0.25) is 9.59 Å². The van der Waals surface area contributed by atoms with E-state index in [0.717, 1.165) is 0 Å². The smallest absolute Gasteiger partial charge is 0.254 e. The van der Waals surface area contributed by atoms with Gasteiger partial charge >= 0.3 is 0 Å². The van der Waals surface area contributed by atoms with Crippen molar-refractivity contribution in [3.8, 4) is 0 Å². The van der Waals surface area contributed by atoms with Crippen LogP contribution in [0.2, 0.25) is 0 Å². The first-order chi connectivity index (χ1) is 11.2. The molecular weight excluding hydrogens is 311 g/mol. The fraction of sp³-hybridized carbons (Fsp3) is 0.556. The molecule has 2 amide bonds. The van der Waals surface area contributed by atoms with Gasteiger partial charge in [0.2, 0.25) is 5.91 Å². The molecule has 0 aliphatic carbocycles. The third kappa shape index (κ3) is 5.92. The average Bonchev–Trinajstić information content (AvgIpc) is 2.50. The molecule has 1 aromatic carbocycles. The van der Waals surface area contributed by atoms with Crippen LogP contribution in [0, 0.1) is 17.2 Å². The second kappa shape index (κ2) is 8.78. The lowest BCUT2D eigenvalue weighted by molar-refractivity contribution is -0.124. The molecular formula is C18H27FN2O3. The molecule has 0 spiro atoms. The molecule has 3 N–H and O–H groups in total. The van der Waals surface area contributed by atoms with Crippen LogP contribution in [0.25, 0.3) is 0 Å². The lowest BCUT2D eigenvalue weighted by Gasteiger charge is -2.27. The first-order valence-corrected chi connectivity index (χ1v) is 8.12. The molecule has 0 saturated heterocycles. The topological polar surface area (TPSA) is 78.4 Å². The molecule has 1 unspecified atom stereocenters. The minimum atomic E-state index is -0.762. The van der Waals surface area contributed by atoms with Crippen LogP contribution in [0.1, 0.15) is 44.5 Å². The molecule has 0 heterocycles. The summed E-state index contributed by atoms with van der Waals surface area (Å²) in [6, 6.07) is 4.89. The van der Waals surface area contributed by atoms with Crippen molar-refractivity contribution in [3.05, 3.63) is 35.6 Å². The van der Waals surface area contributed by atoms with Gasteiger partial charge in [0.15, 0.2) is 0 Å². The van der Waals surface area contributed by atoms with E-state index in [1.807, 2.05) is 27.7 Å². The van der Waals surface area contributed by atoms with E-state index in [0.29, 0.717) is 13.0 Å². The molecule has 1 atom stereocenters. The molecule has 0 fully saturated rings. The summed E-state index contributed by atoms with van der Waals surface area (Å²) in [4.78, 5) is 24.6. The molecule has 0 bridgehead atoms. The number of rotatable bonds is 8. The summed E-state index contributed by atoms with van der Waals surface area (Å²) < 4.78 is 13.7. The van der Waals surface area contributed by atoms with Gasteiger partial charge in [0, 0.05) is 13.2 Å².